The van der Waals surface area contributed by atoms with Crippen molar-refractivity contribution in [3.05, 3.63) is 29.6 Å². The summed E-state index contributed by atoms with van der Waals surface area (Å²) in [4.78, 5) is 0. The minimum Gasteiger partial charge on any atom is -0.491 e. The molecule has 0 saturated carbocycles. The van der Waals surface area contributed by atoms with Crippen molar-refractivity contribution in [2.75, 3.05) is 19.8 Å². The highest BCUT2D eigenvalue weighted by atomic mass is 19.1. The van der Waals surface area contributed by atoms with Crippen LogP contribution < -0.4 is 10.1 Å². The van der Waals surface area contributed by atoms with Crippen molar-refractivity contribution in [1.82, 2.24) is 5.32 Å². The van der Waals surface area contributed by atoms with Crippen molar-refractivity contribution in [2.45, 2.75) is 39.2 Å². The minimum absolute atomic E-state index is 0.137. The van der Waals surface area contributed by atoms with Gasteiger partial charge in [0.2, 0.25) is 0 Å². The van der Waals surface area contributed by atoms with Gasteiger partial charge in [-0.05, 0) is 50.4 Å². The van der Waals surface area contributed by atoms with Gasteiger partial charge in [-0.1, -0.05) is 13.0 Å². The quantitative estimate of drug-likeness (QED) is 0.677. The molecular weight excluding hydrogens is 245 g/mol. The van der Waals surface area contributed by atoms with Crippen molar-refractivity contribution in [1.29, 1.82) is 0 Å². The first kappa shape index (κ1) is 15.9. The van der Waals surface area contributed by atoms with E-state index in [0.29, 0.717) is 12.4 Å². The number of halogens is 1. The van der Waals surface area contributed by atoms with Crippen molar-refractivity contribution in [3.63, 3.8) is 0 Å². The lowest BCUT2D eigenvalue weighted by molar-refractivity contribution is 0.261. The largest absolute Gasteiger partial charge is 0.491 e. The second-order valence-corrected chi connectivity index (χ2v) is 4.60. The molecule has 0 bridgehead atoms. The molecule has 0 aliphatic heterocycles. The van der Waals surface area contributed by atoms with E-state index in [1.54, 1.807) is 6.07 Å². The number of hydrogen-bond donors (Lipinski definition) is 2. The Labute approximate surface area is 114 Å². The van der Waals surface area contributed by atoms with E-state index in [2.05, 4.69) is 5.32 Å². The molecule has 0 radical (unpaired) electrons. The first-order valence-electron chi connectivity index (χ1n) is 6.95. The summed E-state index contributed by atoms with van der Waals surface area (Å²) in [6.07, 6.45) is 2.49. The zero-order chi connectivity index (χ0) is 14.1. The minimum atomic E-state index is -0.315. The molecule has 0 heterocycles. The third kappa shape index (κ3) is 5.57. The third-order valence-electron chi connectivity index (χ3n) is 3.03. The van der Waals surface area contributed by atoms with Crippen LogP contribution in [0, 0.1) is 5.82 Å². The van der Waals surface area contributed by atoms with Crippen molar-refractivity contribution in [3.8, 4) is 5.75 Å². The summed E-state index contributed by atoms with van der Waals surface area (Å²) in [5.74, 6) is -0.0131. The zero-order valence-corrected chi connectivity index (χ0v) is 11.8. The van der Waals surface area contributed by atoms with Crippen LogP contribution in [-0.2, 0) is 0 Å². The van der Waals surface area contributed by atoms with Crippen LogP contribution >= 0.6 is 0 Å². The smallest absolute Gasteiger partial charge is 0.165 e. The molecule has 3 nitrogen and oxygen atoms in total. The van der Waals surface area contributed by atoms with Crippen LogP contribution in [0.1, 0.15) is 44.7 Å². The maximum absolute atomic E-state index is 13.8. The van der Waals surface area contributed by atoms with Crippen molar-refractivity contribution in [2.24, 2.45) is 0 Å². The van der Waals surface area contributed by atoms with Gasteiger partial charge in [0, 0.05) is 12.6 Å². The topological polar surface area (TPSA) is 41.5 Å². The Morgan fingerprint density at radius 3 is 2.74 bits per heavy atom. The van der Waals surface area contributed by atoms with E-state index in [9.17, 15) is 4.39 Å². The Kier molecular flexibility index (Phi) is 7.45. The summed E-state index contributed by atoms with van der Waals surface area (Å²) in [7, 11) is 0. The van der Waals surface area contributed by atoms with E-state index < -0.39 is 0 Å². The molecule has 4 heteroatoms. The fraction of sp³-hybridized carbons (Fsp3) is 0.600. The Hall–Kier alpha value is -1.13. The monoisotopic (exact) mass is 269 g/mol. The van der Waals surface area contributed by atoms with Gasteiger partial charge in [-0.3, -0.25) is 0 Å². The average Bonchev–Trinajstić information content (AvgIpc) is 2.40. The Morgan fingerprint density at radius 1 is 1.32 bits per heavy atom. The molecule has 0 amide bonds. The molecule has 0 fully saturated rings. The highest BCUT2D eigenvalue weighted by molar-refractivity contribution is 5.30. The normalized spacial score (nSPS) is 12.4. The Balaban J connectivity index is 2.47. The van der Waals surface area contributed by atoms with Gasteiger partial charge in [-0.2, -0.15) is 0 Å². The standard InChI is InChI=1S/C15H24FNO2/c1-3-17-12(2)13-7-8-15(14(16)11-13)19-10-6-4-5-9-18/h7-8,11-12,17-18H,3-6,9-10H2,1-2H3. The van der Waals surface area contributed by atoms with Crippen molar-refractivity contribution >= 4 is 0 Å². The predicted molar refractivity (Wildman–Crippen MR) is 74.9 cm³/mol. The van der Waals surface area contributed by atoms with Crippen LogP contribution in [0.15, 0.2) is 18.2 Å². The van der Waals surface area contributed by atoms with Crippen LogP contribution in [0.5, 0.6) is 5.75 Å². The predicted octanol–water partition coefficient (Wildman–Crippen LogP) is 3.04. The van der Waals surface area contributed by atoms with E-state index in [-0.39, 0.29) is 18.5 Å². The van der Waals surface area contributed by atoms with Gasteiger partial charge in [-0.15, -0.1) is 0 Å². The number of aliphatic hydroxyl groups excluding tert-OH is 1. The number of benzene rings is 1. The van der Waals surface area contributed by atoms with Gasteiger partial charge in [0.15, 0.2) is 11.6 Å². The number of ether oxygens (including phenoxy) is 1. The molecule has 1 unspecified atom stereocenters. The number of nitrogens with one attached hydrogen (secondary N) is 1. The van der Waals surface area contributed by atoms with Crippen LogP contribution in [0.25, 0.3) is 0 Å². The van der Waals surface area contributed by atoms with E-state index >= 15 is 0 Å². The molecule has 1 atom stereocenters. The first-order valence-corrected chi connectivity index (χ1v) is 6.95. The van der Waals surface area contributed by atoms with Crippen LogP contribution in [0.2, 0.25) is 0 Å². The molecule has 0 spiro atoms. The molecule has 0 aliphatic rings. The fourth-order valence-corrected chi connectivity index (χ4v) is 1.90. The highest BCUT2D eigenvalue weighted by Gasteiger charge is 2.09. The molecule has 1 aromatic rings. The average molecular weight is 269 g/mol. The van der Waals surface area contributed by atoms with Gasteiger partial charge in [0.25, 0.3) is 0 Å². The summed E-state index contributed by atoms with van der Waals surface area (Å²) in [6, 6.07) is 5.23. The molecule has 0 saturated heterocycles. The Morgan fingerprint density at radius 2 is 2.11 bits per heavy atom. The summed E-state index contributed by atoms with van der Waals surface area (Å²) in [5.41, 5.74) is 0.923. The first-order chi connectivity index (χ1) is 9.19. The van der Waals surface area contributed by atoms with Gasteiger partial charge in [0.1, 0.15) is 0 Å². The summed E-state index contributed by atoms with van der Waals surface area (Å²) < 4.78 is 19.2. The lowest BCUT2D eigenvalue weighted by Gasteiger charge is -2.14. The maximum atomic E-state index is 13.8. The van der Waals surface area contributed by atoms with E-state index in [0.717, 1.165) is 31.4 Å². The van der Waals surface area contributed by atoms with Gasteiger partial charge < -0.3 is 15.2 Å². The molecule has 1 aromatic carbocycles. The number of rotatable bonds is 9. The molecule has 0 aromatic heterocycles. The second kappa shape index (κ2) is 8.88. The molecule has 0 aliphatic carbocycles. The molecule has 2 N–H and O–H groups in total. The fourth-order valence-electron chi connectivity index (χ4n) is 1.90. The molecule has 1 rings (SSSR count). The number of hydrogen-bond acceptors (Lipinski definition) is 3. The lowest BCUT2D eigenvalue weighted by Crippen LogP contribution is -2.17. The number of unbranched alkanes of at least 4 members (excludes halogenated alkanes) is 2. The lowest BCUT2D eigenvalue weighted by atomic mass is 10.1. The highest BCUT2D eigenvalue weighted by Crippen LogP contribution is 2.22. The Bertz CT molecular complexity index is 371. The van der Waals surface area contributed by atoms with Crippen LogP contribution in [0.3, 0.4) is 0 Å². The molecule has 19 heavy (non-hydrogen) atoms. The summed E-state index contributed by atoms with van der Waals surface area (Å²) >= 11 is 0. The van der Waals surface area contributed by atoms with E-state index in [4.69, 9.17) is 9.84 Å². The zero-order valence-electron chi connectivity index (χ0n) is 11.8. The maximum Gasteiger partial charge on any atom is 0.165 e. The second-order valence-electron chi connectivity index (χ2n) is 4.60. The number of aliphatic hydroxyl groups is 1. The van der Waals surface area contributed by atoms with Crippen LogP contribution in [0.4, 0.5) is 4.39 Å². The van der Waals surface area contributed by atoms with Gasteiger partial charge in [0.05, 0.1) is 6.61 Å². The van der Waals surface area contributed by atoms with Gasteiger partial charge in [-0.25, -0.2) is 4.39 Å². The van der Waals surface area contributed by atoms with Gasteiger partial charge >= 0.3 is 0 Å². The van der Waals surface area contributed by atoms with E-state index in [1.165, 1.54) is 6.07 Å². The van der Waals surface area contributed by atoms with Crippen molar-refractivity contribution < 1.29 is 14.2 Å². The third-order valence-corrected chi connectivity index (χ3v) is 3.03. The molecule has 108 valence electrons. The SMILES string of the molecule is CCNC(C)c1ccc(OCCCCCO)c(F)c1. The molecular formula is C15H24FNO2. The van der Waals surface area contributed by atoms with Crippen LogP contribution in [-0.4, -0.2) is 24.9 Å². The van der Waals surface area contributed by atoms with E-state index in [1.807, 2.05) is 19.9 Å². The summed E-state index contributed by atoms with van der Waals surface area (Å²) in [6.45, 7) is 5.57. The summed E-state index contributed by atoms with van der Waals surface area (Å²) in [5, 5.41) is 11.9.